The van der Waals surface area contributed by atoms with Gasteiger partial charge in [0.15, 0.2) is 0 Å². The first-order chi connectivity index (χ1) is 15.3. The molecule has 0 heterocycles. The minimum Gasteiger partial charge on any atom is -0.460 e. The van der Waals surface area contributed by atoms with E-state index in [0.717, 1.165) is 25.7 Å². The van der Waals surface area contributed by atoms with Gasteiger partial charge < -0.3 is 20.5 Å². The monoisotopic (exact) mass is 470 g/mol. The lowest BCUT2D eigenvalue weighted by atomic mass is 10.1. The highest BCUT2D eigenvalue weighted by Gasteiger charge is 2.19. The van der Waals surface area contributed by atoms with E-state index in [-0.39, 0.29) is 24.3 Å². The van der Waals surface area contributed by atoms with Gasteiger partial charge in [-0.05, 0) is 60.8 Å². The van der Waals surface area contributed by atoms with Gasteiger partial charge in [-0.25, -0.2) is 0 Å². The molecule has 7 nitrogen and oxygen atoms in total. The Hall–Kier alpha value is -1.63. The van der Waals surface area contributed by atoms with Gasteiger partial charge in [0.1, 0.15) is 11.2 Å². The molecular formula is C26H50N2O5. The molecule has 0 fully saturated rings. The van der Waals surface area contributed by atoms with Crippen molar-refractivity contribution >= 4 is 17.8 Å². The second kappa shape index (κ2) is 16.9. The molecule has 0 aliphatic carbocycles. The van der Waals surface area contributed by atoms with Gasteiger partial charge in [-0.1, -0.05) is 51.4 Å². The van der Waals surface area contributed by atoms with E-state index in [1.165, 1.54) is 38.5 Å². The van der Waals surface area contributed by atoms with Crippen LogP contribution in [0.25, 0.3) is 0 Å². The first kappa shape index (κ1) is 31.4. The molecule has 0 radical (unpaired) electrons. The number of esters is 2. The quantitative estimate of drug-likeness (QED) is 0.224. The van der Waals surface area contributed by atoms with Crippen LogP contribution in [0.4, 0.5) is 0 Å². The summed E-state index contributed by atoms with van der Waals surface area (Å²) in [6.45, 7) is 11.8. The molecule has 0 rings (SSSR count). The Morgan fingerprint density at radius 3 is 1.52 bits per heavy atom. The fraction of sp³-hybridized carbons (Fsp3) is 0.885. The third-order valence-electron chi connectivity index (χ3n) is 4.94. The number of ether oxygens (including phenoxy) is 2. The van der Waals surface area contributed by atoms with E-state index in [4.69, 9.17) is 15.2 Å². The molecule has 0 aliphatic rings. The predicted octanol–water partition coefficient (Wildman–Crippen LogP) is 5.18. The van der Waals surface area contributed by atoms with Gasteiger partial charge in [0.05, 0.1) is 6.04 Å². The minimum atomic E-state index is -0.679. The fourth-order valence-electron chi connectivity index (χ4n) is 3.34. The number of carbonyl (C=O) groups is 3. The van der Waals surface area contributed by atoms with Crippen molar-refractivity contribution in [2.75, 3.05) is 6.54 Å². The zero-order valence-corrected chi connectivity index (χ0v) is 22.1. The second-order valence-corrected chi connectivity index (χ2v) is 10.9. The van der Waals surface area contributed by atoms with Crippen LogP contribution in [0.15, 0.2) is 0 Å². The first-order valence-corrected chi connectivity index (χ1v) is 12.8. The van der Waals surface area contributed by atoms with Gasteiger partial charge in [-0.15, -0.1) is 0 Å². The molecule has 0 aromatic heterocycles. The Morgan fingerprint density at radius 2 is 1.06 bits per heavy atom. The minimum absolute atomic E-state index is 0.0959. The highest BCUT2D eigenvalue weighted by molar-refractivity contribution is 5.82. The van der Waals surface area contributed by atoms with Crippen LogP contribution in [0.2, 0.25) is 0 Å². The smallest absolute Gasteiger partial charge is 0.306 e. The molecule has 1 amide bonds. The Kier molecular flexibility index (Phi) is 16.1. The number of nitrogens with one attached hydrogen (secondary N) is 1. The Balaban J connectivity index is 3.50. The molecule has 0 saturated carbocycles. The summed E-state index contributed by atoms with van der Waals surface area (Å²) in [5.41, 5.74) is 4.95. The van der Waals surface area contributed by atoms with Crippen molar-refractivity contribution in [3.63, 3.8) is 0 Å². The van der Waals surface area contributed by atoms with E-state index in [1.54, 1.807) is 0 Å². The summed E-state index contributed by atoms with van der Waals surface area (Å²) in [7, 11) is 0. The van der Waals surface area contributed by atoms with Crippen LogP contribution < -0.4 is 11.1 Å². The number of amides is 1. The molecule has 194 valence electrons. The number of rotatable bonds is 17. The summed E-state index contributed by atoms with van der Waals surface area (Å²) in [6.07, 6.45) is 12.2. The van der Waals surface area contributed by atoms with Crippen molar-refractivity contribution in [3.05, 3.63) is 0 Å². The standard InChI is InChI=1S/C26H50N2O5/c1-25(2,3)32-22(29)17-15-13-11-9-7-8-10-12-14-16-20-28-24(31)21(27)18-19-23(30)33-26(4,5)6/h21H,7-20,27H2,1-6H3,(H,28,31). The van der Waals surface area contributed by atoms with E-state index in [2.05, 4.69) is 5.32 Å². The maximum absolute atomic E-state index is 12.0. The third kappa shape index (κ3) is 22.0. The van der Waals surface area contributed by atoms with E-state index in [1.807, 2.05) is 41.5 Å². The molecule has 0 bridgehead atoms. The summed E-state index contributed by atoms with van der Waals surface area (Å²) in [5.74, 6) is -0.627. The zero-order valence-electron chi connectivity index (χ0n) is 22.1. The maximum atomic E-state index is 12.0. The highest BCUT2D eigenvalue weighted by Crippen LogP contribution is 2.14. The number of hydrogen-bond donors (Lipinski definition) is 2. The first-order valence-electron chi connectivity index (χ1n) is 12.8. The summed E-state index contributed by atoms with van der Waals surface area (Å²) in [5, 5.41) is 2.86. The van der Waals surface area contributed by atoms with Gasteiger partial charge in [-0.2, -0.15) is 0 Å². The normalized spacial score (nSPS) is 12.8. The summed E-state index contributed by atoms with van der Waals surface area (Å²) < 4.78 is 10.5. The molecule has 0 saturated heterocycles. The van der Waals surface area contributed by atoms with Crippen molar-refractivity contribution in [3.8, 4) is 0 Å². The summed E-state index contributed by atoms with van der Waals surface area (Å²) >= 11 is 0. The Labute approximate surface area is 201 Å². The third-order valence-corrected chi connectivity index (χ3v) is 4.94. The maximum Gasteiger partial charge on any atom is 0.306 e. The van der Waals surface area contributed by atoms with Crippen LogP contribution in [0.5, 0.6) is 0 Å². The molecule has 3 N–H and O–H groups in total. The lowest BCUT2D eigenvalue weighted by molar-refractivity contribution is -0.156. The van der Waals surface area contributed by atoms with Crippen LogP contribution in [0.1, 0.15) is 125 Å². The van der Waals surface area contributed by atoms with Crippen LogP contribution in [-0.2, 0) is 23.9 Å². The molecule has 0 spiro atoms. The SMILES string of the molecule is CC(C)(C)OC(=O)CCCCCCCCCCCCNC(=O)C(N)CCC(=O)OC(C)(C)C. The zero-order chi connectivity index (χ0) is 25.3. The number of unbranched alkanes of at least 4 members (excludes halogenated alkanes) is 9. The molecule has 1 atom stereocenters. The van der Waals surface area contributed by atoms with E-state index in [9.17, 15) is 14.4 Å². The van der Waals surface area contributed by atoms with E-state index >= 15 is 0 Å². The number of hydrogen-bond acceptors (Lipinski definition) is 6. The summed E-state index contributed by atoms with van der Waals surface area (Å²) in [6, 6.07) is -0.679. The number of carbonyl (C=O) groups excluding carboxylic acids is 3. The van der Waals surface area contributed by atoms with Gasteiger partial charge in [-0.3, -0.25) is 14.4 Å². The van der Waals surface area contributed by atoms with Crippen molar-refractivity contribution in [1.29, 1.82) is 0 Å². The molecule has 1 unspecified atom stereocenters. The van der Waals surface area contributed by atoms with Crippen molar-refractivity contribution < 1.29 is 23.9 Å². The topological polar surface area (TPSA) is 108 Å². The van der Waals surface area contributed by atoms with E-state index < -0.39 is 17.2 Å². The van der Waals surface area contributed by atoms with Gasteiger partial charge in [0, 0.05) is 19.4 Å². The van der Waals surface area contributed by atoms with Gasteiger partial charge in [0.25, 0.3) is 0 Å². The molecule has 7 heteroatoms. The largest absolute Gasteiger partial charge is 0.460 e. The molecule has 33 heavy (non-hydrogen) atoms. The summed E-state index contributed by atoms with van der Waals surface area (Å²) in [4.78, 5) is 35.3. The lowest BCUT2D eigenvalue weighted by Gasteiger charge is -2.20. The molecule has 0 aliphatic heterocycles. The second-order valence-electron chi connectivity index (χ2n) is 10.9. The van der Waals surface area contributed by atoms with Crippen LogP contribution >= 0.6 is 0 Å². The molecular weight excluding hydrogens is 420 g/mol. The van der Waals surface area contributed by atoms with Crippen LogP contribution in [0, 0.1) is 0 Å². The molecule has 0 aromatic rings. The Morgan fingerprint density at radius 1 is 0.667 bits per heavy atom. The Bertz CT molecular complexity index is 564. The van der Waals surface area contributed by atoms with Crippen molar-refractivity contribution in [1.82, 2.24) is 5.32 Å². The van der Waals surface area contributed by atoms with Gasteiger partial charge in [0.2, 0.25) is 5.91 Å². The van der Waals surface area contributed by atoms with Gasteiger partial charge >= 0.3 is 11.9 Å². The number of nitrogens with two attached hydrogens (primary N) is 1. The van der Waals surface area contributed by atoms with Crippen molar-refractivity contribution in [2.45, 2.75) is 142 Å². The lowest BCUT2D eigenvalue weighted by Crippen LogP contribution is -2.41. The average Bonchev–Trinajstić information content (AvgIpc) is 2.66. The predicted molar refractivity (Wildman–Crippen MR) is 133 cm³/mol. The van der Waals surface area contributed by atoms with Crippen LogP contribution in [0.3, 0.4) is 0 Å². The molecule has 0 aromatic carbocycles. The van der Waals surface area contributed by atoms with Crippen molar-refractivity contribution in [2.24, 2.45) is 5.73 Å². The highest BCUT2D eigenvalue weighted by atomic mass is 16.6. The fourth-order valence-corrected chi connectivity index (χ4v) is 3.34. The average molecular weight is 471 g/mol. The van der Waals surface area contributed by atoms with Crippen LogP contribution in [-0.4, -0.2) is 41.6 Å². The van der Waals surface area contributed by atoms with E-state index in [0.29, 0.717) is 19.4 Å².